The van der Waals surface area contributed by atoms with Gasteiger partial charge in [-0.2, -0.15) is 0 Å². The number of nitrogens with one attached hydrogen (secondary N) is 1. The zero-order valence-corrected chi connectivity index (χ0v) is 14.1. The van der Waals surface area contributed by atoms with Crippen LogP contribution in [0.1, 0.15) is 11.3 Å². The van der Waals surface area contributed by atoms with E-state index >= 15 is 0 Å². The summed E-state index contributed by atoms with van der Waals surface area (Å²) in [6.45, 7) is 0.353. The molecule has 0 aliphatic carbocycles. The summed E-state index contributed by atoms with van der Waals surface area (Å²) in [5, 5.41) is 13.0. The molecule has 0 fully saturated rings. The van der Waals surface area contributed by atoms with Crippen LogP contribution < -0.4 is 11.1 Å². The number of hydrogen-bond acceptors (Lipinski definition) is 4. The van der Waals surface area contributed by atoms with Gasteiger partial charge in [-0.25, -0.2) is 0 Å². The molecule has 2 atom stereocenters. The molecular weight excluding hydrogens is 326 g/mol. The second kappa shape index (κ2) is 9.37. The van der Waals surface area contributed by atoms with Gasteiger partial charge in [-0.1, -0.05) is 29.8 Å². The molecule has 0 radical (unpaired) electrons. The van der Waals surface area contributed by atoms with Gasteiger partial charge in [0.1, 0.15) is 0 Å². The molecule has 2 aromatic rings. The molecule has 0 spiro atoms. The Bertz CT molecular complexity index is 634. The van der Waals surface area contributed by atoms with Crippen LogP contribution in [0, 0.1) is 5.92 Å². The molecule has 0 saturated carbocycles. The predicted octanol–water partition coefficient (Wildman–Crippen LogP) is 1.57. The predicted molar refractivity (Wildman–Crippen MR) is 94.7 cm³/mol. The number of carbonyl (C=O) groups is 1. The molecule has 0 bridgehead atoms. The normalized spacial score (nSPS) is 13.3. The smallest absolute Gasteiger partial charge is 0.237 e. The molecule has 1 aromatic heterocycles. The van der Waals surface area contributed by atoms with Gasteiger partial charge in [0.25, 0.3) is 0 Å². The zero-order valence-electron chi connectivity index (χ0n) is 13.4. The number of amides is 1. The minimum Gasteiger partial charge on any atom is -0.396 e. The fourth-order valence-electron chi connectivity index (χ4n) is 2.37. The third-order valence-corrected chi connectivity index (χ3v) is 4.00. The largest absolute Gasteiger partial charge is 0.396 e. The third kappa shape index (κ3) is 5.92. The summed E-state index contributed by atoms with van der Waals surface area (Å²) < 4.78 is 0. The summed E-state index contributed by atoms with van der Waals surface area (Å²) in [6.07, 6.45) is 2.71. The van der Waals surface area contributed by atoms with Crippen molar-refractivity contribution >= 4 is 17.5 Å². The van der Waals surface area contributed by atoms with Gasteiger partial charge in [0.2, 0.25) is 5.91 Å². The minimum atomic E-state index is -0.658. The zero-order chi connectivity index (χ0) is 17.4. The molecule has 128 valence electrons. The number of rotatable bonds is 8. The highest BCUT2D eigenvalue weighted by molar-refractivity contribution is 6.30. The van der Waals surface area contributed by atoms with E-state index in [1.807, 2.05) is 42.5 Å². The maximum Gasteiger partial charge on any atom is 0.237 e. The van der Waals surface area contributed by atoms with Crippen LogP contribution in [0.25, 0.3) is 0 Å². The Labute approximate surface area is 146 Å². The number of halogens is 1. The van der Waals surface area contributed by atoms with E-state index in [1.165, 1.54) is 0 Å². The number of nitrogens with two attached hydrogens (primary N) is 1. The molecule has 6 heteroatoms. The lowest BCUT2D eigenvalue weighted by Crippen LogP contribution is -2.44. The quantitative estimate of drug-likeness (QED) is 0.676. The van der Waals surface area contributed by atoms with Crippen LogP contribution in [0.15, 0.2) is 48.7 Å². The van der Waals surface area contributed by atoms with Crippen molar-refractivity contribution in [1.29, 1.82) is 0 Å². The maximum absolute atomic E-state index is 12.1. The van der Waals surface area contributed by atoms with Crippen molar-refractivity contribution in [3.05, 3.63) is 64.9 Å². The molecular formula is C18H22ClN3O2. The van der Waals surface area contributed by atoms with E-state index in [-0.39, 0.29) is 18.4 Å². The lowest BCUT2D eigenvalue weighted by atomic mass is 10.00. The molecule has 1 amide bonds. The van der Waals surface area contributed by atoms with Crippen molar-refractivity contribution in [3.63, 3.8) is 0 Å². The number of aliphatic hydroxyl groups excluding tert-OH is 1. The third-order valence-electron chi connectivity index (χ3n) is 3.75. The maximum atomic E-state index is 12.1. The molecule has 4 N–H and O–H groups in total. The second-order valence-electron chi connectivity index (χ2n) is 5.76. The number of pyridine rings is 1. The molecule has 0 saturated heterocycles. The van der Waals surface area contributed by atoms with E-state index in [2.05, 4.69) is 10.3 Å². The Hall–Kier alpha value is -1.95. The molecule has 0 aliphatic heterocycles. The van der Waals surface area contributed by atoms with E-state index in [9.17, 15) is 9.90 Å². The van der Waals surface area contributed by atoms with Gasteiger partial charge in [0.15, 0.2) is 0 Å². The number of aromatic nitrogens is 1. The van der Waals surface area contributed by atoms with Gasteiger partial charge in [-0.3, -0.25) is 9.78 Å². The first-order valence-electron chi connectivity index (χ1n) is 7.87. The Kier molecular flexibility index (Phi) is 7.18. The molecule has 0 aliphatic rings. The molecule has 5 nitrogen and oxygen atoms in total. The van der Waals surface area contributed by atoms with Crippen LogP contribution in [0.4, 0.5) is 0 Å². The number of nitrogens with zero attached hydrogens (tertiary/aromatic N) is 1. The standard InChI is InChI=1S/C18H22ClN3O2/c19-15-6-4-13(5-7-15)9-14(12-23)11-22-18(24)17(20)10-16-3-1-2-8-21-16/h1-8,14,17,23H,9-12,20H2,(H,22,24)/t14?,17-/m1/s1. The van der Waals surface area contributed by atoms with Gasteiger partial charge >= 0.3 is 0 Å². The molecule has 1 heterocycles. The Balaban J connectivity index is 1.81. The van der Waals surface area contributed by atoms with Crippen LogP contribution in [0.3, 0.4) is 0 Å². The van der Waals surface area contributed by atoms with E-state index in [4.69, 9.17) is 17.3 Å². The van der Waals surface area contributed by atoms with Gasteiger partial charge in [0.05, 0.1) is 6.04 Å². The molecule has 1 unspecified atom stereocenters. The molecule has 1 aromatic carbocycles. The lowest BCUT2D eigenvalue weighted by molar-refractivity contribution is -0.122. The highest BCUT2D eigenvalue weighted by Crippen LogP contribution is 2.13. The van der Waals surface area contributed by atoms with Crippen molar-refractivity contribution in [2.45, 2.75) is 18.9 Å². The first-order chi connectivity index (χ1) is 11.6. The molecule has 2 rings (SSSR count). The molecule has 24 heavy (non-hydrogen) atoms. The fourth-order valence-corrected chi connectivity index (χ4v) is 2.49. The van der Waals surface area contributed by atoms with Crippen LogP contribution in [-0.4, -0.2) is 35.2 Å². The van der Waals surface area contributed by atoms with Crippen LogP contribution in [0.2, 0.25) is 5.02 Å². The van der Waals surface area contributed by atoms with Crippen LogP contribution in [-0.2, 0) is 17.6 Å². The first kappa shape index (κ1) is 18.4. The van der Waals surface area contributed by atoms with Crippen molar-refractivity contribution in [2.75, 3.05) is 13.2 Å². The van der Waals surface area contributed by atoms with E-state index < -0.39 is 6.04 Å². The Morgan fingerprint density at radius 3 is 2.58 bits per heavy atom. The van der Waals surface area contributed by atoms with Crippen molar-refractivity contribution in [3.8, 4) is 0 Å². The van der Waals surface area contributed by atoms with Crippen molar-refractivity contribution < 1.29 is 9.90 Å². The van der Waals surface area contributed by atoms with E-state index in [1.54, 1.807) is 6.20 Å². The SMILES string of the molecule is N[C@H](Cc1ccccn1)C(=O)NCC(CO)Cc1ccc(Cl)cc1. The summed E-state index contributed by atoms with van der Waals surface area (Å²) in [5.74, 6) is -0.313. The Morgan fingerprint density at radius 1 is 1.21 bits per heavy atom. The fraction of sp³-hybridized carbons (Fsp3) is 0.333. The lowest BCUT2D eigenvalue weighted by Gasteiger charge is -2.17. The first-order valence-corrected chi connectivity index (χ1v) is 8.24. The van der Waals surface area contributed by atoms with Gasteiger partial charge in [-0.15, -0.1) is 0 Å². The number of carbonyl (C=O) groups excluding carboxylic acids is 1. The summed E-state index contributed by atoms with van der Waals surface area (Å²) >= 11 is 5.86. The van der Waals surface area contributed by atoms with Crippen molar-refractivity contribution in [1.82, 2.24) is 10.3 Å². The monoisotopic (exact) mass is 347 g/mol. The van der Waals surface area contributed by atoms with E-state index in [0.717, 1.165) is 11.3 Å². The van der Waals surface area contributed by atoms with Gasteiger partial charge < -0.3 is 16.2 Å². The summed E-state index contributed by atoms with van der Waals surface area (Å²) in [4.78, 5) is 16.3. The van der Waals surface area contributed by atoms with Crippen LogP contribution >= 0.6 is 11.6 Å². The Morgan fingerprint density at radius 2 is 1.96 bits per heavy atom. The topological polar surface area (TPSA) is 88.2 Å². The summed E-state index contributed by atoms with van der Waals surface area (Å²) in [5.41, 5.74) is 7.76. The number of hydrogen-bond donors (Lipinski definition) is 3. The summed E-state index contributed by atoms with van der Waals surface area (Å²) in [7, 11) is 0. The van der Waals surface area contributed by atoms with Gasteiger partial charge in [-0.05, 0) is 36.2 Å². The number of benzene rings is 1. The van der Waals surface area contributed by atoms with E-state index in [0.29, 0.717) is 24.4 Å². The van der Waals surface area contributed by atoms with Crippen molar-refractivity contribution in [2.24, 2.45) is 11.7 Å². The average Bonchev–Trinajstić information content (AvgIpc) is 2.60. The van der Waals surface area contributed by atoms with Crippen LogP contribution in [0.5, 0.6) is 0 Å². The second-order valence-corrected chi connectivity index (χ2v) is 6.19. The number of aliphatic hydroxyl groups is 1. The summed E-state index contributed by atoms with van der Waals surface area (Å²) in [6, 6.07) is 12.3. The highest BCUT2D eigenvalue weighted by Gasteiger charge is 2.16. The minimum absolute atomic E-state index is 0.0155. The average molecular weight is 348 g/mol. The van der Waals surface area contributed by atoms with Gasteiger partial charge in [0, 0.05) is 42.4 Å². The highest BCUT2D eigenvalue weighted by atomic mass is 35.5.